The van der Waals surface area contributed by atoms with Crippen molar-refractivity contribution in [1.29, 1.82) is 0 Å². The van der Waals surface area contributed by atoms with E-state index in [2.05, 4.69) is 6.92 Å². The van der Waals surface area contributed by atoms with Crippen molar-refractivity contribution < 1.29 is 13.9 Å². The Morgan fingerprint density at radius 3 is 2.65 bits per heavy atom. The molecule has 23 heavy (non-hydrogen) atoms. The van der Waals surface area contributed by atoms with E-state index in [1.165, 1.54) is 6.08 Å². The van der Waals surface area contributed by atoms with E-state index >= 15 is 0 Å². The predicted molar refractivity (Wildman–Crippen MR) is 88.2 cm³/mol. The molecule has 1 aromatic carbocycles. The smallest absolute Gasteiger partial charge is 0.190 e. The Kier molecular flexibility index (Phi) is 5.01. The van der Waals surface area contributed by atoms with Crippen molar-refractivity contribution in [2.45, 2.75) is 26.4 Å². The molecule has 2 aliphatic rings. The number of nitrogens with zero attached hydrogens (tertiary/aromatic N) is 1. The number of ether oxygens (including phenoxy) is 2. The molecule has 124 valence electrons. The van der Waals surface area contributed by atoms with Crippen LogP contribution >= 0.6 is 0 Å². The molecule has 1 fully saturated rings. The maximum atomic E-state index is 13.7. The Labute approximate surface area is 137 Å². The Morgan fingerprint density at radius 1 is 1.17 bits per heavy atom. The summed E-state index contributed by atoms with van der Waals surface area (Å²) in [6.45, 7) is 5.40. The second kappa shape index (κ2) is 7.18. The fourth-order valence-electron chi connectivity index (χ4n) is 3.07. The summed E-state index contributed by atoms with van der Waals surface area (Å²) in [4.78, 5) is 2.02. The van der Waals surface area contributed by atoms with Gasteiger partial charge in [0.15, 0.2) is 5.88 Å². The van der Waals surface area contributed by atoms with Crippen molar-refractivity contribution in [2.75, 3.05) is 26.3 Å². The molecule has 0 bridgehead atoms. The van der Waals surface area contributed by atoms with Gasteiger partial charge < -0.3 is 14.4 Å². The summed E-state index contributed by atoms with van der Waals surface area (Å²) in [6.07, 6.45) is 5.25. The van der Waals surface area contributed by atoms with Crippen molar-refractivity contribution >= 4 is 0 Å². The summed E-state index contributed by atoms with van der Waals surface area (Å²) < 4.78 is 25.2. The summed E-state index contributed by atoms with van der Waals surface area (Å²) >= 11 is 0. The first-order valence-corrected chi connectivity index (χ1v) is 8.20. The maximum absolute atomic E-state index is 13.7. The summed E-state index contributed by atoms with van der Waals surface area (Å²) in [5.74, 6) is 0.635. The molecule has 0 aliphatic carbocycles. The standard InChI is InChI=1S/C19H24FNO2/c1-19(9-11-22-12-10-19)15-21-13-17(20)7-8-18(21)23-14-16-5-3-2-4-6-16/h2-8H,9-15H2,1H3. The zero-order chi connectivity index (χ0) is 16.1. The maximum Gasteiger partial charge on any atom is 0.190 e. The van der Waals surface area contributed by atoms with Crippen LogP contribution in [0.3, 0.4) is 0 Å². The number of halogens is 1. The van der Waals surface area contributed by atoms with Crippen LogP contribution in [0.2, 0.25) is 0 Å². The molecule has 0 N–H and O–H groups in total. The van der Waals surface area contributed by atoms with Crippen molar-refractivity contribution in [2.24, 2.45) is 5.41 Å². The van der Waals surface area contributed by atoms with Crippen LogP contribution in [0.25, 0.3) is 0 Å². The van der Waals surface area contributed by atoms with Gasteiger partial charge in [0.2, 0.25) is 0 Å². The van der Waals surface area contributed by atoms with Gasteiger partial charge >= 0.3 is 0 Å². The number of rotatable bonds is 5. The van der Waals surface area contributed by atoms with Crippen LogP contribution in [0.5, 0.6) is 0 Å². The molecule has 0 saturated carbocycles. The zero-order valence-electron chi connectivity index (χ0n) is 13.6. The van der Waals surface area contributed by atoms with Gasteiger partial charge in [-0.2, -0.15) is 0 Å². The molecule has 2 heterocycles. The molecule has 2 aliphatic heterocycles. The van der Waals surface area contributed by atoms with E-state index in [1.54, 1.807) is 6.08 Å². The van der Waals surface area contributed by atoms with Crippen LogP contribution in [0.4, 0.5) is 4.39 Å². The molecule has 3 rings (SSSR count). The molecule has 0 unspecified atom stereocenters. The SMILES string of the molecule is CC1(CN2CC(F)=CC=C2OCc2ccccc2)CCOCC1. The average molecular weight is 317 g/mol. The third-order valence-electron chi connectivity index (χ3n) is 4.56. The van der Waals surface area contributed by atoms with E-state index < -0.39 is 0 Å². The minimum atomic E-state index is -0.118. The molecule has 0 amide bonds. The van der Waals surface area contributed by atoms with Gasteiger partial charge in [0.25, 0.3) is 0 Å². The highest BCUT2D eigenvalue weighted by atomic mass is 19.1. The van der Waals surface area contributed by atoms with E-state index in [-0.39, 0.29) is 17.8 Å². The third kappa shape index (κ3) is 4.35. The quantitative estimate of drug-likeness (QED) is 0.818. The topological polar surface area (TPSA) is 21.7 Å². The molecular weight excluding hydrogens is 293 g/mol. The van der Waals surface area contributed by atoms with Gasteiger partial charge in [0, 0.05) is 25.8 Å². The van der Waals surface area contributed by atoms with E-state index in [0.29, 0.717) is 6.61 Å². The number of hydrogen-bond acceptors (Lipinski definition) is 3. The lowest BCUT2D eigenvalue weighted by Crippen LogP contribution is -2.41. The van der Waals surface area contributed by atoms with Crippen LogP contribution in [0.15, 0.2) is 54.2 Å². The number of benzene rings is 1. The zero-order valence-corrected chi connectivity index (χ0v) is 13.6. The van der Waals surface area contributed by atoms with Gasteiger partial charge in [0.1, 0.15) is 12.4 Å². The summed E-state index contributed by atoms with van der Waals surface area (Å²) in [7, 11) is 0. The first kappa shape index (κ1) is 16.1. The largest absolute Gasteiger partial charge is 0.474 e. The highest BCUT2D eigenvalue weighted by Crippen LogP contribution is 2.33. The highest BCUT2D eigenvalue weighted by molar-refractivity contribution is 5.19. The first-order valence-electron chi connectivity index (χ1n) is 8.20. The van der Waals surface area contributed by atoms with Crippen LogP contribution in [-0.4, -0.2) is 31.2 Å². The van der Waals surface area contributed by atoms with E-state index in [9.17, 15) is 4.39 Å². The summed E-state index contributed by atoms with van der Waals surface area (Å²) in [5, 5.41) is 0. The Balaban J connectivity index is 1.65. The molecule has 1 saturated heterocycles. The fraction of sp³-hybridized carbons (Fsp3) is 0.474. The van der Waals surface area contributed by atoms with Gasteiger partial charge in [-0.1, -0.05) is 37.3 Å². The minimum absolute atomic E-state index is 0.118. The van der Waals surface area contributed by atoms with Gasteiger partial charge in [-0.3, -0.25) is 0 Å². The van der Waals surface area contributed by atoms with Gasteiger partial charge in [-0.25, -0.2) is 4.39 Å². The monoisotopic (exact) mass is 317 g/mol. The van der Waals surface area contributed by atoms with Crippen LogP contribution in [-0.2, 0) is 16.1 Å². The Hall–Kier alpha value is -1.81. The van der Waals surface area contributed by atoms with Crippen molar-refractivity contribution in [3.05, 3.63) is 59.8 Å². The number of allylic oxidation sites excluding steroid dienone is 2. The molecule has 4 heteroatoms. The molecular formula is C19H24FNO2. The molecule has 0 spiro atoms. The lowest BCUT2D eigenvalue weighted by Gasteiger charge is -2.40. The van der Waals surface area contributed by atoms with Crippen molar-refractivity contribution in [1.82, 2.24) is 4.90 Å². The Morgan fingerprint density at radius 2 is 1.91 bits per heavy atom. The molecule has 1 aromatic rings. The molecule has 0 radical (unpaired) electrons. The van der Waals surface area contributed by atoms with Gasteiger partial charge in [-0.05, 0) is 29.9 Å². The number of hydrogen-bond donors (Lipinski definition) is 0. The second-order valence-electron chi connectivity index (χ2n) is 6.67. The van der Waals surface area contributed by atoms with Crippen LogP contribution in [0, 0.1) is 5.41 Å². The third-order valence-corrected chi connectivity index (χ3v) is 4.56. The summed E-state index contributed by atoms with van der Waals surface area (Å²) in [5.41, 5.74) is 1.26. The predicted octanol–water partition coefficient (Wildman–Crippen LogP) is 4.03. The second-order valence-corrected chi connectivity index (χ2v) is 6.67. The van der Waals surface area contributed by atoms with Crippen LogP contribution in [0.1, 0.15) is 25.3 Å². The Bertz CT molecular complexity index is 576. The van der Waals surface area contributed by atoms with E-state index in [1.807, 2.05) is 35.2 Å². The van der Waals surface area contributed by atoms with E-state index in [4.69, 9.17) is 9.47 Å². The fourth-order valence-corrected chi connectivity index (χ4v) is 3.07. The molecule has 0 aromatic heterocycles. The van der Waals surface area contributed by atoms with Crippen molar-refractivity contribution in [3.8, 4) is 0 Å². The average Bonchev–Trinajstić information content (AvgIpc) is 2.55. The van der Waals surface area contributed by atoms with Crippen LogP contribution < -0.4 is 0 Å². The summed E-state index contributed by atoms with van der Waals surface area (Å²) in [6, 6.07) is 10.0. The lowest BCUT2D eigenvalue weighted by atomic mass is 9.82. The van der Waals surface area contributed by atoms with Gasteiger partial charge in [0.05, 0.1) is 6.54 Å². The first-order chi connectivity index (χ1) is 11.1. The highest BCUT2D eigenvalue weighted by Gasteiger charge is 2.32. The van der Waals surface area contributed by atoms with Gasteiger partial charge in [-0.15, -0.1) is 0 Å². The molecule has 0 atom stereocenters. The van der Waals surface area contributed by atoms with E-state index in [0.717, 1.165) is 44.0 Å². The normalized spacial score (nSPS) is 20.7. The molecule has 3 nitrogen and oxygen atoms in total. The van der Waals surface area contributed by atoms with Crippen molar-refractivity contribution in [3.63, 3.8) is 0 Å². The minimum Gasteiger partial charge on any atom is -0.474 e. The lowest BCUT2D eigenvalue weighted by molar-refractivity contribution is -0.00370.